The summed E-state index contributed by atoms with van der Waals surface area (Å²) in [6.07, 6.45) is 9.71. The van der Waals surface area contributed by atoms with Crippen molar-refractivity contribution >= 4 is 11.9 Å². The minimum absolute atomic E-state index is 0.140. The fourth-order valence-electron chi connectivity index (χ4n) is 4.52. The zero-order chi connectivity index (χ0) is 19.8. The topological polar surface area (TPSA) is 67.6 Å². The lowest BCUT2D eigenvalue weighted by atomic mass is 9.78. The molecular weight excluding hydrogens is 360 g/mol. The molecule has 0 aromatic carbocycles. The molecule has 5 rings (SSSR count). The van der Waals surface area contributed by atoms with Crippen LogP contribution in [-0.4, -0.2) is 15.8 Å². The molecule has 0 radical (unpaired) electrons. The van der Waals surface area contributed by atoms with Gasteiger partial charge in [-0.2, -0.15) is 10.2 Å². The number of aromatic nitrogens is 2. The lowest BCUT2D eigenvalue weighted by Gasteiger charge is -2.25. The second-order valence-electron chi connectivity index (χ2n) is 7.79. The quantitative estimate of drug-likeness (QED) is 0.691. The molecule has 0 amide bonds. The third-order valence-electron chi connectivity index (χ3n) is 5.79. The summed E-state index contributed by atoms with van der Waals surface area (Å²) in [5, 5.41) is 9.18. The Bertz CT molecular complexity index is 1110. The largest absolute Gasteiger partial charge is 0.294 e. The molecule has 0 spiro atoms. The Balaban J connectivity index is 1.65. The van der Waals surface area contributed by atoms with Crippen LogP contribution in [0.1, 0.15) is 55.1 Å². The number of carbonyl (C=O) groups excluding carboxylic acids is 1. The molecule has 0 saturated carbocycles. The number of fused-ring (bicyclic) bond motifs is 1. The molecule has 29 heavy (non-hydrogen) atoms. The number of nitrogens with zero attached hydrogens (tertiary/aromatic N) is 4. The van der Waals surface area contributed by atoms with Crippen molar-refractivity contribution in [2.45, 2.75) is 45.1 Å². The molecular formula is C24H22N4O. The highest BCUT2D eigenvalue weighted by molar-refractivity contribution is 6.03. The number of rotatable bonds is 2. The van der Waals surface area contributed by atoms with E-state index in [0.29, 0.717) is 12.8 Å². The molecule has 1 atom stereocenters. The zero-order valence-corrected chi connectivity index (χ0v) is 16.4. The predicted octanol–water partition coefficient (Wildman–Crippen LogP) is 5.47. The second kappa shape index (κ2) is 7.32. The van der Waals surface area contributed by atoms with Crippen molar-refractivity contribution < 1.29 is 4.79 Å². The molecule has 5 heteroatoms. The number of ketones is 1. The van der Waals surface area contributed by atoms with Gasteiger partial charge in [-0.25, -0.2) is 0 Å². The molecule has 2 aromatic rings. The number of hydrogen-bond acceptors (Lipinski definition) is 5. The number of azo groups is 1. The lowest BCUT2D eigenvalue weighted by molar-refractivity contribution is -0.115. The average Bonchev–Trinajstić information content (AvgIpc) is 3.05. The van der Waals surface area contributed by atoms with Gasteiger partial charge in [0.2, 0.25) is 0 Å². The molecule has 5 nitrogen and oxygen atoms in total. The fraction of sp³-hybridized carbons (Fsp3) is 0.292. The molecule has 0 N–H and O–H groups in total. The molecule has 0 fully saturated rings. The molecule has 1 aliphatic heterocycles. The smallest absolute Gasteiger partial charge is 0.163 e. The van der Waals surface area contributed by atoms with Gasteiger partial charge in [0.1, 0.15) is 6.04 Å². The Hall–Kier alpha value is -3.21. The van der Waals surface area contributed by atoms with Gasteiger partial charge >= 0.3 is 0 Å². The van der Waals surface area contributed by atoms with Crippen LogP contribution in [0, 0.1) is 6.92 Å². The highest BCUT2D eigenvalue weighted by Gasteiger charge is 2.37. The van der Waals surface area contributed by atoms with Crippen LogP contribution in [0.2, 0.25) is 0 Å². The lowest BCUT2D eigenvalue weighted by Crippen LogP contribution is -2.15. The van der Waals surface area contributed by atoms with Crippen molar-refractivity contribution in [3.63, 3.8) is 0 Å². The Morgan fingerprint density at radius 2 is 1.97 bits per heavy atom. The number of Topliss-reactive ketones (excluding diaryl/α,β-unsaturated/α-hetero) is 1. The summed E-state index contributed by atoms with van der Waals surface area (Å²) in [6.45, 7) is 1.99. The number of carbonyl (C=O) groups is 1. The standard InChI is InChI=1S/C24H22N4O/c1-15-12-16(9-11-25-15)24-23-19-7-2-3-8-21(29)22(19)17(14-20(23)27-28-24)13-18-6-4-5-10-26-18/h4-6,9-13,24H,2-3,7-8,14H2,1H3. The zero-order valence-electron chi connectivity index (χ0n) is 16.4. The molecule has 144 valence electrons. The first-order chi connectivity index (χ1) is 14.2. The van der Waals surface area contributed by atoms with Crippen LogP contribution in [0.3, 0.4) is 0 Å². The highest BCUT2D eigenvalue weighted by Crippen LogP contribution is 2.49. The van der Waals surface area contributed by atoms with Crippen LogP contribution in [0.25, 0.3) is 6.08 Å². The van der Waals surface area contributed by atoms with E-state index in [4.69, 9.17) is 0 Å². The van der Waals surface area contributed by atoms with Crippen molar-refractivity contribution in [1.82, 2.24) is 9.97 Å². The van der Waals surface area contributed by atoms with E-state index in [1.54, 1.807) is 6.20 Å². The summed E-state index contributed by atoms with van der Waals surface area (Å²) in [7, 11) is 0. The van der Waals surface area contributed by atoms with Gasteiger partial charge in [0.25, 0.3) is 0 Å². The van der Waals surface area contributed by atoms with E-state index in [-0.39, 0.29) is 11.8 Å². The van der Waals surface area contributed by atoms with E-state index in [2.05, 4.69) is 26.3 Å². The molecule has 0 bridgehead atoms. The van der Waals surface area contributed by atoms with E-state index in [1.807, 2.05) is 43.5 Å². The molecule has 2 aromatic heterocycles. The first kappa shape index (κ1) is 17.9. The van der Waals surface area contributed by atoms with Crippen LogP contribution >= 0.6 is 0 Å². The number of hydrogen-bond donors (Lipinski definition) is 0. The maximum Gasteiger partial charge on any atom is 0.163 e. The van der Waals surface area contributed by atoms with Gasteiger partial charge in [-0.1, -0.05) is 6.07 Å². The monoisotopic (exact) mass is 382 g/mol. The van der Waals surface area contributed by atoms with Gasteiger partial charge in [0, 0.05) is 42.1 Å². The number of pyridine rings is 2. The van der Waals surface area contributed by atoms with Gasteiger partial charge in [-0.05, 0) is 73.2 Å². The van der Waals surface area contributed by atoms with Crippen molar-refractivity contribution in [1.29, 1.82) is 0 Å². The summed E-state index contributed by atoms with van der Waals surface area (Å²) < 4.78 is 0. The second-order valence-corrected chi connectivity index (χ2v) is 7.79. The van der Waals surface area contributed by atoms with Crippen LogP contribution in [0.15, 0.2) is 80.9 Å². The van der Waals surface area contributed by atoms with Gasteiger partial charge in [0.05, 0.1) is 11.4 Å². The minimum Gasteiger partial charge on any atom is -0.294 e. The van der Waals surface area contributed by atoms with Crippen LogP contribution in [0.5, 0.6) is 0 Å². The summed E-state index contributed by atoms with van der Waals surface area (Å²) >= 11 is 0. The molecule has 2 aliphatic carbocycles. The Morgan fingerprint density at radius 3 is 2.79 bits per heavy atom. The average molecular weight is 382 g/mol. The Kier molecular flexibility index (Phi) is 4.51. The van der Waals surface area contributed by atoms with E-state index >= 15 is 0 Å². The van der Waals surface area contributed by atoms with Crippen LogP contribution in [0.4, 0.5) is 0 Å². The van der Waals surface area contributed by atoms with E-state index in [9.17, 15) is 4.79 Å². The normalized spacial score (nSPS) is 22.7. The van der Waals surface area contributed by atoms with Crippen molar-refractivity contribution in [3.05, 3.63) is 87.7 Å². The minimum atomic E-state index is -0.140. The van der Waals surface area contributed by atoms with E-state index in [0.717, 1.165) is 64.2 Å². The highest BCUT2D eigenvalue weighted by atomic mass is 16.1. The Morgan fingerprint density at radius 1 is 1.07 bits per heavy atom. The van der Waals surface area contributed by atoms with E-state index < -0.39 is 0 Å². The maximum atomic E-state index is 13.1. The third kappa shape index (κ3) is 3.27. The molecule has 3 heterocycles. The first-order valence-corrected chi connectivity index (χ1v) is 10.2. The van der Waals surface area contributed by atoms with Crippen LogP contribution < -0.4 is 0 Å². The Labute approximate surface area is 170 Å². The van der Waals surface area contributed by atoms with E-state index in [1.165, 1.54) is 0 Å². The van der Waals surface area contributed by atoms with Crippen molar-refractivity contribution in [2.75, 3.05) is 0 Å². The SMILES string of the molecule is Cc1cc(C2N=NC3=C2C2=C(C(=O)CCCC2)C(=Cc2ccccn2)C3)ccn1. The summed E-state index contributed by atoms with van der Waals surface area (Å²) in [5.74, 6) is 0.239. The first-order valence-electron chi connectivity index (χ1n) is 10.2. The van der Waals surface area contributed by atoms with Gasteiger partial charge in [0.15, 0.2) is 5.78 Å². The van der Waals surface area contributed by atoms with Crippen molar-refractivity contribution in [2.24, 2.45) is 10.2 Å². The van der Waals surface area contributed by atoms with Gasteiger partial charge < -0.3 is 0 Å². The number of aryl methyl sites for hydroxylation is 1. The van der Waals surface area contributed by atoms with Crippen LogP contribution in [-0.2, 0) is 4.79 Å². The third-order valence-corrected chi connectivity index (χ3v) is 5.79. The summed E-state index contributed by atoms with van der Waals surface area (Å²) in [5.41, 5.74) is 8.09. The van der Waals surface area contributed by atoms with Crippen molar-refractivity contribution in [3.8, 4) is 0 Å². The van der Waals surface area contributed by atoms with Gasteiger partial charge in [-0.3, -0.25) is 14.8 Å². The summed E-state index contributed by atoms with van der Waals surface area (Å²) in [6, 6.07) is 9.77. The molecule has 1 unspecified atom stereocenters. The molecule has 0 saturated heterocycles. The van der Waals surface area contributed by atoms with Gasteiger partial charge in [-0.15, -0.1) is 0 Å². The summed E-state index contributed by atoms with van der Waals surface area (Å²) in [4.78, 5) is 21.9. The fourth-order valence-corrected chi connectivity index (χ4v) is 4.52. The molecule has 3 aliphatic rings. The maximum absolute atomic E-state index is 13.1. The number of allylic oxidation sites excluding steroid dienone is 2. The predicted molar refractivity (Wildman–Crippen MR) is 111 cm³/mol.